The molecule has 20 heavy (non-hydrogen) atoms. The highest BCUT2D eigenvalue weighted by atomic mass is 35.5. The molecule has 0 fully saturated rings. The summed E-state index contributed by atoms with van der Waals surface area (Å²) in [5.74, 6) is 0. The van der Waals surface area contributed by atoms with Crippen molar-refractivity contribution in [1.82, 2.24) is 4.98 Å². The first-order valence-corrected chi connectivity index (χ1v) is 5.88. The average Bonchev–Trinajstić information content (AvgIpc) is 2.40. The largest absolute Gasteiger partial charge is 0.439 e. The predicted octanol–water partition coefficient (Wildman–Crippen LogP) is 1.74. The number of benzene rings is 1. The molecule has 0 spiro atoms. The van der Waals surface area contributed by atoms with Crippen LogP contribution in [0.2, 0.25) is 5.02 Å². The third-order valence-electron chi connectivity index (χ3n) is 2.96. The lowest BCUT2D eigenvalue weighted by atomic mass is 10.1. The minimum atomic E-state index is -0.700. The van der Waals surface area contributed by atoms with Crippen molar-refractivity contribution in [1.29, 1.82) is 5.26 Å². The Balaban J connectivity index is 2.66. The van der Waals surface area contributed by atoms with Crippen molar-refractivity contribution in [3.8, 4) is 6.07 Å². The second kappa shape index (κ2) is 4.11. The topological polar surface area (TPSA) is 113 Å². The average molecular weight is 288 g/mol. The van der Waals surface area contributed by atoms with Crippen LogP contribution in [0.15, 0.2) is 32.2 Å². The molecule has 3 aromatic rings. The molecule has 0 atom stereocenters. The molecule has 6 nitrogen and oxygen atoms in total. The van der Waals surface area contributed by atoms with Gasteiger partial charge in [-0.05, 0) is 18.2 Å². The first kappa shape index (κ1) is 12.3. The van der Waals surface area contributed by atoms with E-state index in [-0.39, 0.29) is 33.3 Å². The number of pyridine rings is 1. The van der Waals surface area contributed by atoms with E-state index in [9.17, 15) is 9.59 Å². The maximum Gasteiger partial charge on any atom is 0.270 e. The number of H-pyrrole nitrogens is 1. The summed E-state index contributed by atoms with van der Waals surface area (Å²) in [4.78, 5) is 26.4. The van der Waals surface area contributed by atoms with Crippen molar-refractivity contribution in [2.75, 3.05) is 5.73 Å². The third kappa shape index (κ3) is 1.57. The van der Waals surface area contributed by atoms with Crippen molar-refractivity contribution >= 4 is 39.4 Å². The van der Waals surface area contributed by atoms with E-state index >= 15 is 0 Å². The lowest BCUT2D eigenvalue weighted by Gasteiger charge is -2.04. The fourth-order valence-electron chi connectivity index (χ4n) is 2.02. The molecule has 0 unspecified atom stereocenters. The van der Waals surface area contributed by atoms with E-state index in [2.05, 4.69) is 4.98 Å². The highest BCUT2D eigenvalue weighted by Crippen LogP contribution is 2.23. The van der Waals surface area contributed by atoms with Crippen LogP contribution in [-0.4, -0.2) is 4.98 Å². The van der Waals surface area contributed by atoms with Crippen LogP contribution in [0.4, 0.5) is 5.69 Å². The van der Waals surface area contributed by atoms with E-state index in [1.165, 1.54) is 12.1 Å². The zero-order valence-corrected chi connectivity index (χ0v) is 10.6. The summed E-state index contributed by atoms with van der Waals surface area (Å²) in [6.45, 7) is 0. The molecule has 0 saturated heterocycles. The standard InChI is InChI=1S/C13H6ClN3O3/c14-5-1-2-8-6(3-5)11(18)9-10(16)7(4-15)12(19)17-13(9)20-8/h1-3H,(H3,16,17,19). The van der Waals surface area contributed by atoms with Crippen molar-refractivity contribution in [2.45, 2.75) is 0 Å². The Morgan fingerprint density at radius 1 is 1.35 bits per heavy atom. The van der Waals surface area contributed by atoms with Crippen molar-refractivity contribution in [3.63, 3.8) is 0 Å². The number of nitrogens with one attached hydrogen (secondary N) is 1. The minimum Gasteiger partial charge on any atom is -0.439 e. The summed E-state index contributed by atoms with van der Waals surface area (Å²) in [7, 11) is 0. The summed E-state index contributed by atoms with van der Waals surface area (Å²) in [6.07, 6.45) is 0. The van der Waals surface area contributed by atoms with Gasteiger partial charge in [0, 0.05) is 5.02 Å². The van der Waals surface area contributed by atoms with Crippen LogP contribution in [0.1, 0.15) is 5.56 Å². The molecule has 0 aliphatic rings. The van der Waals surface area contributed by atoms with E-state index in [1.807, 2.05) is 0 Å². The monoisotopic (exact) mass is 287 g/mol. The smallest absolute Gasteiger partial charge is 0.270 e. The number of nitrogen functional groups attached to an aromatic ring is 1. The summed E-state index contributed by atoms with van der Waals surface area (Å²) in [5, 5.41) is 9.47. The number of hydrogen-bond donors (Lipinski definition) is 2. The number of aromatic amines is 1. The van der Waals surface area contributed by atoms with Crippen LogP contribution in [0.5, 0.6) is 0 Å². The van der Waals surface area contributed by atoms with Crippen LogP contribution in [0.3, 0.4) is 0 Å². The van der Waals surface area contributed by atoms with Gasteiger partial charge >= 0.3 is 0 Å². The van der Waals surface area contributed by atoms with E-state index in [4.69, 9.17) is 27.0 Å². The molecule has 0 bridgehead atoms. The molecule has 0 radical (unpaired) electrons. The number of hydrogen-bond acceptors (Lipinski definition) is 5. The zero-order chi connectivity index (χ0) is 14.4. The second-order valence-corrected chi connectivity index (χ2v) is 4.57. The fourth-order valence-corrected chi connectivity index (χ4v) is 2.20. The van der Waals surface area contributed by atoms with E-state index in [1.54, 1.807) is 12.1 Å². The number of nitriles is 1. The number of nitrogens with two attached hydrogens (primary N) is 1. The molecule has 0 aliphatic heterocycles. The highest BCUT2D eigenvalue weighted by Gasteiger charge is 2.16. The van der Waals surface area contributed by atoms with Gasteiger partial charge in [0.1, 0.15) is 22.6 Å². The lowest BCUT2D eigenvalue weighted by molar-refractivity contribution is 0.643. The van der Waals surface area contributed by atoms with Crippen LogP contribution in [0.25, 0.3) is 22.1 Å². The normalized spacial score (nSPS) is 10.8. The highest BCUT2D eigenvalue weighted by molar-refractivity contribution is 6.31. The van der Waals surface area contributed by atoms with Gasteiger partial charge in [-0.2, -0.15) is 5.26 Å². The Morgan fingerprint density at radius 2 is 2.10 bits per heavy atom. The van der Waals surface area contributed by atoms with Crippen LogP contribution in [-0.2, 0) is 0 Å². The summed E-state index contributed by atoms with van der Waals surface area (Å²) in [6, 6.07) is 6.19. The van der Waals surface area contributed by atoms with E-state index in [0.29, 0.717) is 5.02 Å². The van der Waals surface area contributed by atoms with E-state index < -0.39 is 11.0 Å². The van der Waals surface area contributed by atoms with Gasteiger partial charge in [-0.15, -0.1) is 0 Å². The zero-order valence-electron chi connectivity index (χ0n) is 9.86. The maximum atomic E-state index is 12.4. The van der Waals surface area contributed by atoms with Crippen molar-refractivity contribution in [2.24, 2.45) is 0 Å². The number of rotatable bonds is 0. The van der Waals surface area contributed by atoms with Gasteiger partial charge in [-0.3, -0.25) is 14.6 Å². The van der Waals surface area contributed by atoms with Crippen molar-refractivity contribution < 1.29 is 4.42 Å². The lowest BCUT2D eigenvalue weighted by Crippen LogP contribution is -2.17. The molecule has 0 saturated carbocycles. The minimum absolute atomic E-state index is 0.0316. The maximum absolute atomic E-state index is 12.4. The van der Waals surface area contributed by atoms with E-state index in [0.717, 1.165) is 0 Å². The van der Waals surface area contributed by atoms with Crippen LogP contribution >= 0.6 is 11.6 Å². The molecule has 2 aromatic heterocycles. The summed E-state index contributed by atoms with van der Waals surface area (Å²) < 4.78 is 5.44. The molecular weight excluding hydrogens is 282 g/mol. The molecule has 0 amide bonds. The Morgan fingerprint density at radius 3 is 2.80 bits per heavy atom. The first-order valence-electron chi connectivity index (χ1n) is 5.51. The Hall–Kier alpha value is -2.78. The van der Waals surface area contributed by atoms with Gasteiger partial charge in [0.2, 0.25) is 11.1 Å². The first-order chi connectivity index (χ1) is 9.52. The molecule has 98 valence electrons. The van der Waals surface area contributed by atoms with Gasteiger partial charge in [0.15, 0.2) is 0 Å². The quantitative estimate of drug-likeness (QED) is 0.611. The fraction of sp³-hybridized carbons (Fsp3) is 0. The number of nitrogens with zero attached hydrogens (tertiary/aromatic N) is 1. The Kier molecular flexibility index (Phi) is 2.52. The second-order valence-electron chi connectivity index (χ2n) is 4.13. The SMILES string of the molecule is N#Cc1c(N)c2c(=O)c3cc(Cl)ccc3oc2[nH]c1=O. The number of halogens is 1. The summed E-state index contributed by atoms with van der Waals surface area (Å²) >= 11 is 5.84. The molecule has 0 aliphatic carbocycles. The Labute approximate surface area is 116 Å². The third-order valence-corrected chi connectivity index (χ3v) is 3.19. The van der Waals surface area contributed by atoms with Crippen LogP contribution < -0.4 is 16.7 Å². The number of anilines is 1. The molecule has 3 N–H and O–H groups in total. The van der Waals surface area contributed by atoms with Gasteiger partial charge in [0.25, 0.3) is 5.56 Å². The molecule has 2 heterocycles. The van der Waals surface area contributed by atoms with Gasteiger partial charge in [-0.1, -0.05) is 11.6 Å². The van der Waals surface area contributed by atoms with Gasteiger partial charge < -0.3 is 10.2 Å². The Bertz CT molecular complexity index is 1030. The predicted molar refractivity (Wildman–Crippen MR) is 74.7 cm³/mol. The number of fused-ring (bicyclic) bond motifs is 2. The van der Waals surface area contributed by atoms with Gasteiger partial charge in [-0.25, -0.2) is 0 Å². The van der Waals surface area contributed by atoms with Gasteiger partial charge in [0.05, 0.1) is 11.1 Å². The number of aromatic nitrogens is 1. The molecule has 1 aromatic carbocycles. The van der Waals surface area contributed by atoms with Crippen molar-refractivity contribution in [3.05, 3.63) is 49.4 Å². The van der Waals surface area contributed by atoms with Crippen LogP contribution in [0, 0.1) is 11.3 Å². The summed E-state index contributed by atoms with van der Waals surface area (Å²) in [5.41, 5.74) is 4.27. The molecular formula is C13H6ClN3O3. The molecule has 3 rings (SSSR count). The molecule has 7 heteroatoms.